The van der Waals surface area contributed by atoms with Crippen LogP contribution in [0.25, 0.3) is 5.65 Å². The van der Waals surface area contributed by atoms with Crippen molar-refractivity contribution < 1.29 is 4.79 Å². The van der Waals surface area contributed by atoms with E-state index in [0.717, 1.165) is 15.9 Å². The van der Waals surface area contributed by atoms with E-state index in [9.17, 15) is 4.79 Å². The molecule has 0 atom stereocenters. The normalized spacial score (nSPS) is 11.8. The Kier molecular flexibility index (Phi) is 4.95. The van der Waals surface area contributed by atoms with Crippen LogP contribution in [0.1, 0.15) is 32.9 Å². The lowest BCUT2D eigenvalue weighted by molar-refractivity contribution is -0.122. The van der Waals surface area contributed by atoms with Gasteiger partial charge in [-0.15, -0.1) is 0 Å². The maximum Gasteiger partial charge on any atom is 0.221 e. The number of hydrogen-bond donors (Lipinski definition) is 2. The molecule has 2 N–H and O–H groups in total. The smallest absolute Gasteiger partial charge is 0.221 e. The van der Waals surface area contributed by atoms with Crippen molar-refractivity contribution in [1.29, 1.82) is 0 Å². The van der Waals surface area contributed by atoms with Gasteiger partial charge in [-0.3, -0.25) is 9.20 Å². The Hall–Kier alpha value is -1.47. The Labute approximate surface area is 132 Å². The molecule has 2 rings (SSSR count). The maximum atomic E-state index is 11.7. The SMILES string of the molecule is CC(C)(C)NC(=O)CCNCc1cnc2cnc(Br)cn12. The summed E-state index contributed by atoms with van der Waals surface area (Å²) < 4.78 is 2.73. The second-order valence-corrected chi connectivity index (χ2v) is 6.73. The van der Waals surface area contributed by atoms with E-state index in [4.69, 9.17) is 0 Å². The summed E-state index contributed by atoms with van der Waals surface area (Å²) >= 11 is 3.35. The first-order valence-corrected chi connectivity index (χ1v) is 7.64. The minimum Gasteiger partial charge on any atom is -0.351 e. The molecule has 0 aromatic carbocycles. The van der Waals surface area contributed by atoms with Gasteiger partial charge in [0.25, 0.3) is 0 Å². The molecule has 2 heterocycles. The first-order chi connectivity index (χ1) is 9.85. The fourth-order valence-electron chi connectivity index (χ4n) is 1.95. The number of amides is 1. The monoisotopic (exact) mass is 353 g/mol. The third-order valence-electron chi connectivity index (χ3n) is 2.79. The zero-order valence-electron chi connectivity index (χ0n) is 12.5. The van der Waals surface area contributed by atoms with Gasteiger partial charge < -0.3 is 10.6 Å². The van der Waals surface area contributed by atoms with Crippen molar-refractivity contribution in [3.8, 4) is 0 Å². The van der Waals surface area contributed by atoms with E-state index in [2.05, 4.69) is 36.5 Å². The molecule has 0 aliphatic carbocycles. The van der Waals surface area contributed by atoms with Crippen molar-refractivity contribution >= 4 is 27.5 Å². The molecule has 2 aromatic rings. The van der Waals surface area contributed by atoms with Crippen LogP contribution in [0.4, 0.5) is 0 Å². The van der Waals surface area contributed by atoms with Gasteiger partial charge in [-0.25, -0.2) is 9.97 Å². The summed E-state index contributed by atoms with van der Waals surface area (Å²) in [5.41, 5.74) is 1.66. The average molecular weight is 354 g/mol. The third-order valence-corrected chi connectivity index (χ3v) is 3.20. The molecule has 114 valence electrons. The van der Waals surface area contributed by atoms with Gasteiger partial charge in [0.15, 0.2) is 5.65 Å². The number of fused-ring (bicyclic) bond motifs is 1. The van der Waals surface area contributed by atoms with E-state index in [0.29, 0.717) is 19.5 Å². The van der Waals surface area contributed by atoms with Crippen molar-refractivity contribution in [3.63, 3.8) is 0 Å². The molecular formula is C14H20BrN5O. The van der Waals surface area contributed by atoms with Gasteiger partial charge in [0.1, 0.15) is 4.60 Å². The summed E-state index contributed by atoms with van der Waals surface area (Å²) in [5.74, 6) is 0.0556. The lowest BCUT2D eigenvalue weighted by atomic mass is 10.1. The topological polar surface area (TPSA) is 71.3 Å². The van der Waals surface area contributed by atoms with E-state index in [1.807, 2.05) is 37.6 Å². The van der Waals surface area contributed by atoms with Crippen LogP contribution >= 0.6 is 15.9 Å². The van der Waals surface area contributed by atoms with Crippen LogP contribution in [0, 0.1) is 0 Å². The Morgan fingerprint density at radius 1 is 1.33 bits per heavy atom. The maximum absolute atomic E-state index is 11.7. The highest BCUT2D eigenvalue weighted by Crippen LogP contribution is 2.10. The second-order valence-electron chi connectivity index (χ2n) is 5.91. The molecule has 0 fully saturated rings. The van der Waals surface area contributed by atoms with Crippen molar-refractivity contribution in [2.75, 3.05) is 6.54 Å². The lowest BCUT2D eigenvalue weighted by Gasteiger charge is -2.20. The fraction of sp³-hybridized carbons (Fsp3) is 0.500. The Balaban J connectivity index is 1.83. The van der Waals surface area contributed by atoms with Gasteiger partial charge in [0.2, 0.25) is 5.91 Å². The summed E-state index contributed by atoms with van der Waals surface area (Å²) in [4.78, 5) is 20.1. The van der Waals surface area contributed by atoms with Crippen molar-refractivity contribution in [1.82, 2.24) is 25.0 Å². The van der Waals surface area contributed by atoms with Gasteiger partial charge in [-0.1, -0.05) is 0 Å². The van der Waals surface area contributed by atoms with Crippen LogP contribution in [-0.2, 0) is 11.3 Å². The molecule has 0 bridgehead atoms. The number of hydrogen-bond acceptors (Lipinski definition) is 4. The molecule has 0 saturated heterocycles. The zero-order chi connectivity index (χ0) is 15.5. The van der Waals surface area contributed by atoms with Gasteiger partial charge >= 0.3 is 0 Å². The minimum atomic E-state index is -0.183. The molecule has 0 unspecified atom stereocenters. The van der Waals surface area contributed by atoms with E-state index in [1.54, 1.807) is 6.20 Å². The van der Waals surface area contributed by atoms with Crippen LogP contribution in [0.15, 0.2) is 23.2 Å². The highest BCUT2D eigenvalue weighted by Gasteiger charge is 2.13. The summed E-state index contributed by atoms with van der Waals surface area (Å²) in [5, 5.41) is 6.20. The number of carbonyl (C=O) groups excluding carboxylic acids is 1. The fourth-order valence-corrected chi connectivity index (χ4v) is 2.25. The van der Waals surface area contributed by atoms with Crippen LogP contribution in [0.5, 0.6) is 0 Å². The summed E-state index contributed by atoms with van der Waals surface area (Å²) in [6.07, 6.45) is 5.86. The number of aromatic nitrogens is 3. The predicted molar refractivity (Wildman–Crippen MR) is 84.9 cm³/mol. The predicted octanol–water partition coefficient (Wildman–Crippen LogP) is 1.89. The second kappa shape index (κ2) is 6.53. The zero-order valence-corrected chi connectivity index (χ0v) is 14.1. The van der Waals surface area contributed by atoms with Gasteiger partial charge in [0.05, 0.1) is 18.1 Å². The quantitative estimate of drug-likeness (QED) is 0.805. The Morgan fingerprint density at radius 2 is 2.10 bits per heavy atom. The summed E-state index contributed by atoms with van der Waals surface area (Å²) in [6, 6.07) is 0. The van der Waals surface area contributed by atoms with Crippen molar-refractivity contribution in [3.05, 3.63) is 28.9 Å². The van der Waals surface area contributed by atoms with E-state index >= 15 is 0 Å². The standard InChI is InChI=1S/C14H20BrN5O/c1-14(2,3)19-13(21)4-5-16-6-10-7-18-12-8-17-11(15)9-20(10)12/h7-9,16H,4-6H2,1-3H3,(H,19,21). The third kappa shape index (κ3) is 4.78. The van der Waals surface area contributed by atoms with Crippen molar-refractivity contribution in [2.45, 2.75) is 39.3 Å². The molecule has 0 spiro atoms. The van der Waals surface area contributed by atoms with E-state index in [-0.39, 0.29) is 11.4 Å². The molecule has 0 aliphatic heterocycles. The summed E-state index contributed by atoms with van der Waals surface area (Å²) in [6.45, 7) is 7.20. The lowest BCUT2D eigenvalue weighted by Crippen LogP contribution is -2.41. The van der Waals surface area contributed by atoms with Gasteiger partial charge in [0, 0.05) is 31.2 Å². The molecule has 0 aliphatic rings. The molecule has 2 aromatic heterocycles. The first kappa shape index (κ1) is 15.9. The van der Waals surface area contributed by atoms with Crippen LogP contribution < -0.4 is 10.6 Å². The average Bonchev–Trinajstić information content (AvgIpc) is 2.75. The van der Waals surface area contributed by atoms with Crippen LogP contribution in [0.2, 0.25) is 0 Å². The molecule has 0 radical (unpaired) electrons. The van der Waals surface area contributed by atoms with Gasteiger partial charge in [-0.2, -0.15) is 0 Å². The van der Waals surface area contributed by atoms with Crippen molar-refractivity contribution in [2.24, 2.45) is 0 Å². The highest BCUT2D eigenvalue weighted by atomic mass is 79.9. The molecule has 1 amide bonds. The molecule has 6 nitrogen and oxygen atoms in total. The molecule has 21 heavy (non-hydrogen) atoms. The molecule has 0 saturated carbocycles. The number of imidazole rings is 1. The number of carbonyl (C=O) groups is 1. The number of nitrogens with one attached hydrogen (secondary N) is 2. The Bertz CT molecular complexity index is 632. The van der Waals surface area contributed by atoms with Crippen LogP contribution in [0.3, 0.4) is 0 Å². The molecule has 7 heteroatoms. The Morgan fingerprint density at radius 3 is 2.81 bits per heavy atom. The van der Waals surface area contributed by atoms with Gasteiger partial charge in [-0.05, 0) is 36.7 Å². The highest BCUT2D eigenvalue weighted by molar-refractivity contribution is 9.10. The minimum absolute atomic E-state index is 0.0556. The number of rotatable bonds is 5. The van der Waals surface area contributed by atoms with Crippen LogP contribution in [-0.4, -0.2) is 32.4 Å². The largest absolute Gasteiger partial charge is 0.351 e. The molecular weight excluding hydrogens is 334 g/mol. The van der Waals surface area contributed by atoms with E-state index < -0.39 is 0 Å². The number of nitrogens with zero attached hydrogens (tertiary/aromatic N) is 3. The number of halogens is 1. The van der Waals surface area contributed by atoms with E-state index in [1.165, 1.54) is 0 Å². The summed E-state index contributed by atoms with van der Waals surface area (Å²) in [7, 11) is 0. The first-order valence-electron chi connectivity index (χ1n) is 6.84.